The lowest BCUT2D eigenvalue weighted by atomic mass is 9.99. The van der Waals surface area contributed by atoms with E-state index in [-0.39, 0.29) is 23.7 Å². The molecule has 1 aliphatic heterocycles. The molecular weight excluding hydrogens is 417 g/mol. The second-order valence-electron chi connectivity index (χ2n) is 6.78. The van der Waals surface area contributed by atoms with Crippen molar-refractivity contribution in [3.8, 4) is 16.9 Å². The van der Waals surface area contributed by atoms with Crippen LogP contribution in [0, 0.1) is 6.92 Å². The zero-order valence-electron chi connectivity index (χ0n) is 15.0. The average Bonchev–Trinajstić information content (AvgIpc) is 3.10. The number of hydrogen-bond donors (Lipinski definition) is 1. The molecule has 0 radical (unpaired) electrons. The van der Waals surface area contributed by atoms with Crippen LogP contribution in [0.4, 0.5) is 0 Å². The van der Waals surface area contributed by atoms with Crippen LogP contribution in [0.25, 0.3) is 11.1 Å². The summed E-state index contributed by atoms with van der Waals surface area (Å²) in [6.07, 6.45) is 0. The summed E-state index contributed by atoms with van der Waals surface area (Å²) >= 11 is 12.6. The standard InChI is InChI=1S/C21H17Cl2NO3S/c1-13-5-8-15(9-6-13)28(26,27)24-11-14-7-10-16(21(25)17(14)12-24)20-18(22)3-2-4-19(20)23/h2-10,25H,11-12H2,1H3. The van der Waals surface area contributed by atoms with Crippen LogP contribution in [0.15, 0.2) is 59.5 Å². The van der Waals surface area contributed by atoms with E-state index in [4.69, 9.17) is 23.2 Å². The Kier molecular flexibility index (Phi) is 4.88. The molecule has 1 N–H and O–H groups in total. The third kappa shape index (κ3) is 3.18. The summed E-state index contributed by atoms with van der Waals surface area (Å²) in [5, 5.41) is 11.7. The van der Waals surface area contributed by atoms with E-state index in [1.54, 1.807) is 48.5 Å². The van der Waals surface area contributed by atoms with Crippen molar-refractivity contribution in [3.63, 3.8) is 0 Å². The van der Waals surface area contributed by atoms with Crippen molar-refractivity contribution in [3.05, 3.63) is 81.3 Å². The number of benzene rings is 3. The first-order valence-corrected chi connectivity index (χ1v) is 10.8. The minimum absolute atomic E-state index is 0.00843. The Balaban J connectivity index is 1.73. The first kappa shape index (κ1) is 19.3. The van der Waals surface area contributed by atoms with Gasteiger partial charge < -0.3 is 5.11 Å². The van der Waals surface area contributed by atoms with Crippen LogP contribution >= 0.6 is 23.2 Å². The monoisotopic (exact) mass is 433 g/mol. The Morgan fingerprint density at radius 1 is 0.929 bits per heavy atom. The zero-order chi connectivity index (χ0) is 20.1. The molecule has 0 amide bonds. The lowest BCUT2D eigenvalue weighted by molar-refractivity contribution is 0.422. The van der Waals surface area contributed by atoms with E-state index >= 15 is 0 Å². The summed E-state index contributed by atoms with van der Waals surface area (Å²) in [5.74, 6) is 0.00843. The van der Waals surface area contributed by atoms with Gasteiger partial charge in [-0.15, -0.1) is 0 Å². The smallest absolute Gasteiger partial charge is 0.243 e. The molecule has 0 aliphatic carbocycles. The maximum atomic E-state index is 13.0. The Hall–Kier alpha value is -2.05. The zero-order valence-corrected chi connectivity index (χ0v) is 17.3. The molecule has 0 bridgehead atoms. The molecule has 3 aromatic carbocycles. The minimum atomic E-state index is -3.66. The number of aromatic hydroxyl groups is 1. The Labute approximate surface area is 174 Å². The third-order valence-electron chi connectivity index (χ3n) is 4.95. The highest BCUT2D eigenvalue weighted by Crippen LogP contribution is 2.44. The molecule has 1 heterocycles. The van der Waals surface area contributed by atoms with Gasteiger partial charge in [-0.05, 0) is 36.8 Å². The number of hydrogen-bond acceptors (Lipinski definition) is 3. The van der Waals surface area contributed by atoms with E-state index in [9.17, 15) is 13.5 Å². The molecule has 7 heteroatoms. The summed E-state index contributed by atoms with van der Waals surface area (Å²) in [4.78, 5) is 0.236. The van der Waals surface area contributed by atoms with Crippen molar-refractivity contribution in [1.29, 1.82) is 0 Å². The van der Waals surface area contributed by atoms with Gasteiger partial charge in [0.1, 0.15) is 5.75 Å². The number of halogens is 2. The predicted octanol–water partition coefficient (Wildman–Crippen LogP) is 5.38. The van der Waals surface area contributed by atoms with Gasteiger partial charge in [0.25, 0.3) is 0 Å². The van der Waals surface area contributed by atoms with Gasteiger partial charge in [-0.25, -0.2) is 8.42 Å². The van der Waals surface area contributed by atoms with Crippen LogP contribution in [-0.4, -0.2) is 17.8 Å². The van der Waals surface area contributed by atoms with E-state index < -0.39 is 10.0 Å². The summed E-state index contributed by atoms with van der Waals surface area (Å²) in [6.45, 7) is 2.20. The summed E-state index contributed by atoms with van der Waals surface area (Å²) < 4.78 is 27.3. The molecule has 0 spiro atoms. The number of nitrogens with zero attached hydrogens (tertiary/aromatic N) is 1. The van der Waals surface area contributed by atoms with Crippen molar-refractivity contribution in [1.82, 2.24) is 4.31 Å². The van der Waals surface area contributed by atoms with Crippen molar-refractivity contribution in [2.45, 2.75) is 24.9 Å². The molecule has 0 fully saturated rings. The second kappa shape index (κ2) is 7.08. The van der Waals surface area contributed by atoms with Crippen LogP contribution in [0.5, 0.6) is 5.75 Å². The number of sulfonamides is 1. The molecular formula is C21H17Cl2NO3S. The normalized spacial score (nSPS) is 14.2. The number of aryl methyl sites for hydroxylation is 1. The van der Waals surface area contributed by atoms with Crippen LogP contribution in [0.1, 0.15) is 16.7 Å². The summed E-state index contributed by atoms with van der Waals surface area (Å²) in [6, 6.07) is 15.4. The number of rotatable bonds is 3. The van der Waals surface area contributed by atoms with Crippen molar-refractivity contribution < 1.29 is 13.5 Å². The van der Waals surface area contributed by atoms with Gasteiger partial charge in [0.15, 0.2) is 0 Å². The fourth-order valence-electron chi connectivity index (χ4n) is 3.41. The van der Waals surface area contributed by atoms with E-state index in [2.05, 4.69) is 0 Å². The highest BCUT2D eigenvalue weighted by atomic mass is 35.5. The molecule has 144 valence electrons. The van der Waals surface area contributed by atoms with Gasteiger partial charge in [-0.2, -0.15) is 4.31 Å². The maximum Gasteiger partial charge on any atom is 0.243 e. The number of phenols is 1. The topological polar surface area (TPSA) is 57.6 Å². The fourth-order valence-corrected chi connectivity index (χ4v) is 5.40. The molecule has 0 unspecified atom stereocenters. The lowest BCUT2D eigenvalue weighted by Gasteiger charge is -2.16. The lowest BCUT2D eigenvalue weighted by Crippen LogP contribution is -2.25. The first-order valence-electron chi connectivity index (χ1n) is 8.64. The minimum Gasteiger partial charge on any atom is -0.507 e. The fraction of sp³-hybridized carbons (Fsp3) is 0.143. The molecule has 28 heavy (non-hydrogen) atoms. The molecule has 0 saturated carbocycles. The van der Waals surface area contributed by atoms with E-state index in [1.807, 2.05) is 13.0 Å². The molecule has 4 rings (SSSR count). The van der Waals surface area contributed by atoms with Crippen LogP contribution < -0.4 is 0 Å². The van der Waals surface area contributed by atoms with Crippen LogP contribution in [0.3, 0.4) is 0 Å². The maximum absolute atomic E-state index is 13.0. The molecule has 0 atom stereocenters. The van der Waals surface area contributed by atoms with E-state index in [0.717, 1.165) is 11.1 Å². The highest BCUT2D eigenvalue weighted by Gasteiger charge is 2.33. The summed E-state index contributed by atoms with van der Waals surface area (Å²) in [5.41, 5.74) is 3.35. The van der Waals surface area contributed by atoms with Crippen molar-refractivity contribution in [2.24, 2.45) is 0 Å². The highest BCUT2D eigenvalue weighted by molar-refractivity contribution is 7.89. The molecule has 0 saturated heterocycles. The largest absolute Gasteiger partial charge is 0.507 e. The van der Waals surface area contributed by atoms with Gasteiger partial charge >= 0.3 is 0 Å². The molecule has 0 aromatic heterocycles. The van der Waals surface area contributed by atoms with Gasteiger partial charge in [0.05, 0.1) is 14.9 Å². The van der Waals surface area contributed by atoms with Crippen molar-refractivity contribution in [2.75, 3.05) is 0 Å². The first-order chi connectivity index (χ1) is 13.3. The van der Waals surface area contributed by atoms with Gasteiger partial charge in [-0.3, -0.25) is 0 Å². The van der Waals surface area contributed by atoms with Crippen LogP contribution in [-0.2, 0) is 23.1 Å². The number of phenolic OH excluding ortho intramolecular Hbond substituents is 1. The third-order valence-corrected chi connectivity index (χ3v) is 7.39. The Morgan fingerprint density at radius 2 is 1.57 bits per heavy atom. The molecule has 3 aromatic rings. The van der Waals surface area contributed by atoms with Gasteiger partial charge in [0.2, 0.25) is 10.0 Å². The average molecular weight is 434 g/mol. The van der Waals surface area contributed by atoms with E-state index in [0.29, 0.717) is 26.7 Å². The van der Waals surface area contributed by atoms with Crippen LogP contribution in [0.2, 0.25) is 10.0 Å². The van der Waals surface area contributed by atoms with Gasteiger partial charge in [-0.1, -0.05) is 59.1 Å². The summed E-state index contributed by atoms with van der Waals surface area (Å²) in [7, 11) is -3.66. The molecule has 1 aliphatic rings. The molecule has 4 nitrogen and oxygen atoms in total. The van der Waals surface area contributed by atoms with Crippen molar-refractivity contribution >= 4 is 33.2 Å². The number of fused-ring (bicyclic) bond motifs is 1. The second-order valence-corrected chi connectivity index (χ2v) is 9.53. The Bertz CT molecular complexity index is 1150. The SMILES string of the molecule is Cc1ccc(S(=O)(=O)N2Cc3ccc(-c4c(Cl)cccc4Cl)c(O)c3C2)cc1. The van der Waals surface area contributed by atoms with E-state index in [1.165, 1.54) is 4.31 Å². The predicted molar refractivity (Wildman–Crippen MR) is 111 cm³/mol. The van der Waals surface area contributed by atoms with Gasteiger partial charge in [0, 0.05) is 29.8 Å². The Morgan fingerprint density at radius 3 is 2.21 bits per heavy atom. The quantitative estimate of drug-likeness (QED) is 0.602.